The third kappa shape index (κ3) is 3.04. The molecule has 8 heteroatoms. The second-order valence-electron chi connectivity index (χ2n) is 6.05. The summed E-state index contributed by atoms with van der Waals surface area (Å²) in [6.07, 6.45) is 0.163. The molecule has 3 aromatic rings. The van der Waals surface area contributed by atoms with Gasteiger partial charge >= 0.3 is 0 Å². The number of anilines is 1. The zero-order valence-corrected chi connectivity index (χ0v) is 14.0. The Morgan fingerprint density at radius 2 is 2.08 bits per heavy atom. The standard InChI is InChI=1S/C18H16N6O2/c1-24-22-17(21-23-24)11-5-4-6-12(9-11)19-16(25)10-15-13-7-2-3-8-14(13)18(26)20-15/h2-9,15H,10H2,1H3,(H,19,25)(H,20,26)/t15-/m0/s1. The van der Waals surface area contributed by atoms with E-state index in [4.69, 9.17) is 0 Å². The summed E-state index contributed by atoms with van der Waals surface area (Å²) in [4.78, 5) is 25.8. The van der Waals surface area contributed by atoms with Crippen molar-refractivity contribution in [3.05, 3.63) is 59.7 Å². The van der Waals surface area contributed by atoms with Gasteiger partial charge < -0.3 is 10.6 Å². The van der Waals surface area contributed by atoms with Gasteiger partial charge in [-0.25, -0.2) is 0 Å². The number of amides is 2. The average molecular weight is 348 g/mol. The van der Waals surface area contributed by atoms with E-state index in [2.05, 4.69) is 26.0 Å². The number of hydrogen-bond acceptors (Lipinski definition) is 5. The lowest BCUT2D eigenvalue weighted by atomic mass is 10.0. The number of fused-ring (bicyclic) bond motifs is 1. The lowest BCUT2D eigenvalue weighted by Crippen LogP contribution is -2.24. The van der Waals surface area contributed by atoms with Gasteiger partial charge in [-0.2, -0.15) is 4.80 Å². The smallest absolute Gasteiger partial charge is 0.252 e. The molecule has 1 aromatic heterocycles. The number of hydrogen-bond donors (Lipinski definition) is 2. The van der Waals surface area contributed by atoms with Crippen molar-refractivity contribution in [2.24, 2.45) is 7.05 Å². The first-order chi connectivity index (χ1) is 12.6. The molecule has 1 aliphatic rings. The summed E-state index contributed by atoms with van der Waals surface area (Å²) in [5, 5.41) is 17.6. The summed E-state index contributed by atoms with van der Waals surface area (Å²) < 4.78 is 0. The van der Waals surface area contributed by atoms with Crippen LogP contribution in [0.3, 0.4) is 0 Å². The monoisotopic (exact) mass is 348 g/mol. The van der Waals surface area contributed by atoms with E-state index in [1.807, 2.05) is 30.3 Å². The Bertz CT molecular complexity index is 997. The summed E-state index contributed by atoms with van der Waals surface area (Å²) in [5.41, 5.74) is 2.87. The normalized spacial score (nSPS) is 15.4. The highest BCUT2D eigenvalue weighted by atomic mass is 16.2. The van der Waals surface area contributed by atoms with E-state index in [0.29, 0.717) is 17.1 Å². The average Bonchev–Trinajstić information content (AvgIpc) is 3.20. The van der Waals surface area contributed by atoms with Gasteiger partial charge in [0, 0.05) is 16.8 Å². The Balaban J connectivity index is 1.47. The molecule has 0 spiro atoms. The summed E-state index contributed by atoms with van der Waals surface area (Å²) in [6.45, 7) is 0. The van der Waals surface area contributed by atoms with E-state index < -0.39 is 0 Å². The molecule has 26 heavy (non-hydrogen) atoms. The number of carbonyl (C=O) groups is 2. The maximum absolute atomic E-state index is 12.4. The van der Waals surface area contributed by atoms with Crippen LogP contribution >= 0.6 is 0 Å². The van der Waals surface area contributed by atoms with Crippen LogP contribution in [0, 0.1) is 0 Å². The molecule has 1 aliphatic heterocycles. The largest absolute Gasteiger partial charge is 0.345 e. The summed E-state index contributed by atoms with van der Waals surface area (Å²) >= 11 is 0. The van der Waals surface area contributed by atoms with Crippen molar-refractivity contribution in [3.63, 3.8) is 0 Å². The summed E-state index contributed by atoms with van der Waals surface area (Å²) in [5.74, 6) is 0.158. The molecule has 0 unspecified atom stereocenters. The Kier molecular flexibility index (Phi) is 3.92. The van der Waals surface area contributed by atoms with E-state index in [1.165, 1.54) is 4.80 Å². The molecule has 0 radical (unpaired) electrons. The lowest BCUT2D eigenvalue weighted by molar-refractivity contribution is -0.116. The molecule has 130 valence electrons. The highest BCUT2D eigenvalue weighted by Crippen LogP contribution is 2.28. The van der Waals surface area contributed by atoms with Crippen LogP contribution in [-0.4, -0.2) is 32.0 Å². The van der Waals surface area contributed by atoms with Crippen molar-refractivity contribution in [1.82, 2.24) is 25.5 Å². The van der Waals surface area contributed by atoms with Gasteiger partial charge in [0.25, 0.3) is 5.91 Å². The van der Waals surface area contributed by atoms with Crippen LogP contribution in [0.15, 0.2) is 48.5 Å². The second kappa shape index (κ2) is 6.40. The van der Waals surface area contributed by atoms with Crippen molar-refractivity contribution < 1.29 is 9.59 Å². The molecule has 0 saturated carbocycles. The van der Waals surface area contributed by atoms with Crippen molar-refractivity contribution in [2.45, 2.75) is 12.5 Å². The SMILES string of the molecule is Cn1nnc(-c2cccc(NC(=O)C[C@@H]3NC(=O)c4ccccc43)c2)n1. The lowest BCUT2D eigenvalue weighted by Gasteiger charge is -2.12. The zero-order chi connectivity index (χ0) is 18.1. The maximum atomic E-state index is 12.4. The number of benzene rings is 2. The molecule has 2 amide bonds. The fraction of sp³-hybridized carbons (Fsp3) is 0.167. The van der Waals surface area contributed by atoms with E-state index in [1.54, 1.807) is 25.2 Å². The first kappa shape index (κ1) is 15.9. The van der Waals surface area contributed by atoms with Gasteiger partial charge in [0.05, 0.1) is 19.5 Å². The third-order valence-electron chi connectivity index (χ3n) is 4.19. The van der Waals surface area contributed by atoms with Crippen LogP contribution < -0.4 is 10.6 Å². The van der Waals surface area contributed by atoms with E-state index in [-0.39, 0.29) is 24.3 Å². The van der Waals surface area contributed by atoms with Crippen molar-refractivity contribution in [1.29, 1.82) is 0 Å². The second-order valence-corrected chi connectivity index (χ2v) is 6.05. The summed E-state index contributed by atoms with van der Waals surface area (Å²) in [7, 11) is 1.69. The fourth-order valence-electron chi connectivity index (χ4n) is 3.02. The van der Waals surface area contributed by atoms with Crippen LogP contribution in [0.5, 0.6) is 0 Å². The number of rotatable bonds is 4. The molecule has 0 aliphatic carbocycles. The Morgan fingerprint density at radius 1 is 1.23 bits per heavy atom. The van der Waals surface area contributed by atoms with Crippen LogP contribution in [0.1, 0.15) is 28.4 Å². The number of tetrazole rings is 1. The molecule has 8 nitrogen and oxygen atoms in total. The third-order valence-corrected chi connectivity index (χ3v) is 4.19. The Hall–Kier alpha value is -3.55. The number of aryl methyl sites for hydroxylation is 1. The highest BCUT2D eigenvalue weighted by Gasteiger charge is 2.29. The van der Waals surface area contributed by atoms with Crippen LogP contribution in [0.25, 0.3) is 11.4 Å². The number of carbonyl (C=O) groups excluding carboxylic acids is 2. The predicted octanol–water partition coefficient (Wildman–Crippen LogP) is 1.69. The molecule has 0 saturated heterocycles. The molecule has 0 fully saturated rings. The van der Waals surface area contributed by atoms with Gasteiger partial charge in [0.2, 0.25) is 11.7 Å². The van der Waals surface area contributed by atoms with Crippen molar-refractivity contribution in [3.8, 4) is 11.4 Å². The van der Waals surface area contributed by atoms with E-state index in [9.17, 15) is 9.59 Å². The Morgan fingerprint density at radius 3 is 2.88 bits per heavy atom. The van der Waals surface area contributed by atoms with Gasteiger partial charge in [0.15, 0.2) is 0 Å². The summed E-state index contributed by atoms with van der Waals surface area (Å²) in [6, 6.07) is 14.2. The van der Waals surface area contributed by atoms with Gasteiger partial charge in [0.1, 0.15) is 0 Å². The maximum Gasteiger partial charge on any atom is 0.252 e. The molecule has 0 bridgehead atoms. The Labute approximate surface area is 149 Å². The highest BCUT2D eigenvalue weighted by molar-refractivity contribution is 6.00. The minimum absolute atomic E-state index is 0.144. The van der Waals surface area contributed by atoms with Crippen LogP contribution in [0.2, 0.25) is 0 Å². The van der Waals surface area contributed by atoms with Gasteiger partial charge in [-0.3, -0.25) is 9.59 Å². The molecule has 1 atom stereocenters. The fourth-order valence-corrected chi connectivity index (χ4v) is 3.02. The van der Waals surface area contributed by atoms with Crippen molar-refractivity contribution in [2.75, 3.05) is 5.32 Å². The van der Waals surface area contributed by atoms with Crippen LogP contribution in [0.4, 0.5) is 5.69 Å². The molecular weight excluding hydrogens is 332 g/mol. The topological polar surface area (TPSA) is 102 Å². The molecule has 2 heterocycles. The van der Waals surface area contributed by atoms with Crippen molar-refractivity contribution >= 4 is 17.5 Å². The van der Waals surface area contributed by atoms with E-state index >= 15 is 0 Å². The first-order valence-corrected chi connectivity index (χ1v) is 8.14. The first-order valence-electron chi connectivity index (χ1n) is 8.14. The molecule has 2 N–H and O–H groups in total. The van der Waals surface area contributed by atoms with Gasteiger partial charge in [-0.05, 0) is 29.0 Å². The zero-order valence-electron chi connectivity index (χ0n) is 14.0. The molecule has 4 rings (SSSR count). The molecular formula is C18H16N6O2. The number of nitrogens with zero attached hydrogens (tertiary/aromatic N) is 4. The van der Waals surface area contributed by atoms with Gasteiger partial charge in [-0.15, -0.1) is 10.2 Å². The van der Waals surface area contributed by atoms with E-state index in [0.717, 1.165) is 11.1 Å². The number of aromatic nitrogens is 4. The molecule has 2 aromatic carbocycles. The minimum atomic E-state index is -0.316. The van der Waals surface area contributed by atoms with Gasteiger partial charge in [-0.1, -0.05) is 30.3 Å². The minimum Gasteiger partial charge on any atom is -0.345 e. The quantitative estimate of drug-likeness (QED) is 0.747. The predicted molar refractivity (Wildman–Crippen MR) is 94.1 cm³/mol. The number of nitrogens with one attached hydrogen (secondary N) is 2. The van der Waals surface area contributed by atoms with Crippen LogP contribution in [-0.2, 0) is 11.8 Å².